The summed E-state index contributed by atoms with van der Waals surface area (Å²) >= 11 is 0.239. The first kappa shape index (κ1) is 10.5. The monoisotopic (exact) mass is 218 g/mol. The summed E-state index contributed by atoms with van der Waals surface area (Å²) in [6.45, 7) is 0. The summed E-state index contributed by atoms with van der Waals surface area (Å²) in [5, 5.41) is 21.7. The maximum absolute atomic E-state index is 11.1. The predicted molar refractivity (Wildman–Crippen MR) is 54.1 cm³/mol. The van der Waals surface area contributed by atoms with Crippen LogP contribution in [-0.2, 0) is 0 Å². The fourth-order valence-corrected chi connectivity index (χ4v) is 1.84. The van der Waals surface area contributed by atoms with Crippen LogP contribution < -0.4 is 4.21 Å². The van der Waals surface area contributed by atoms with Gasteiger partial charge >= 0.3 is 0 Å². The van der Waals surface area contributed by atoms with Crippen LogP contribution in [-0.4, -0.2) is 5.12 Å². The van der Waals surface area contributed by atoms with Crippen LogP contribution in [0.2, 0.25) is 0 Å². The minimum Gasteiger partial charge on any atom is -0.613 e. The molecule has 0 fully saturated rings. The van der Waals surface area contributed by atoms with Crippen LogP contribution in [0.1, 0.15) is 10.4 Å². The first-order valence-electron chi connectivity index (χ1n) is 3.26. The lowest BCUT2D eigenvalue weighted by Gasteiger charge is -2.38. The number of nitrogens with zero attached hydrogens (tertiary/aromatic N) is 1. The Kier molecular flexibility index (Phi) is 2.65. The largest absolute Gasteiger partial charge is 0.613 e. The van der Waals surface area contributed by atoms with Gasteiger partial charge in [0, 0.05) is 6.07 Å². The van der Waals surface area contributed by atoms with E-state index < -0.39 is 9.33 Å². The Morgan fingerprint density at radius 2 is 1.85 bits per heavy atom. The maximum Gasteiger partial charge on any atom is 0.283 e. The van der Waals surface area contributed by atoms with E-state index in [1.54, 1.807) is 12.1 Å². The van der Waals surface area contributed by atoms with Crippen molar-refractivity contribution in [2.75, 3.05) is 0 Å². The van der Waals surface area contributed by atoms with Gasteiger partial charge in [-0.2, -0.15) is 0 Å². The van der Waals surface area contributed by atoms with E-state index in [1.807, 2.05) is 0 Å². The van der Waals surface area contributed by atoms with Crippen LogP contribution in [0.15, 0.2) is 24.3 Å². The van der Waals surface area contributed by atoms with E-state index >= 15 is 0 Å². The van der Waals surface area contributed by atoms with Crippen molar-refractivity contribution < 1.29 is 4.79 Å². The van der Waals surface area contributed by atoms with E-state index in [-0.39, 0.29) is 35.6 Å². The van der Waals surface area contributed by atoms with Crippen LogP contribution in [0, 0.1) is 10.4 Å². The average molecular weight is 219 g/mol. The third kappa shape index (κ3) is 1.56. The minimum atomic E-state index is -1.89. The molecule has 0 bridgehead atoms. The molecule has 0 saturated heterocycles. The number of fused-ring (bicyclic) bond motifs is 1. The minimum absolute atomic E-state index is 0. The number of halogens is 1. The summed E-state index contributed by atoms with van der Waals surface area (Å²) in [6, 6.07) is 6.07. The molecular formula is C7H5ClNO3S-. The Morgan fingerprint density at radius 1 is 1.23 bits per heavy atom. The van der Waals surface area contributed by atoms with Gasteiger partial charge in [0.15, 0.2) is 17.6 Å². The molecule has 0 aromatic heterocycles. The Labute approximate surface area is 84.8 Å². The third-order valence-electron chi connectivity index (χ3n) is 1.62. The number of rotatable bonds is 0. The lowest BCUT2D eigenvalue weighted by Crippen LogP contribution is -2.23. The van der Waals surface area contributed by atoms with Crippen LogP contribution in [0.5, 0.6) is 0 Å². The molecule has 0 amide bonds. The summed E-state index contributed by atoms with van der Waals surface area (Å²) in [4.78, 5) is 11.0. The molecule has 70 valence electrons. The van der Waals surface area contributed by atoms with Gasteiger partial charge in [0.2, 0.25) is 0 Å². The maximum atomic E-state index is 11.1. The Hall–Kier alpha value is -0.590. The molecule has 1 aromatic rings. The number of carbonyl (C=O) groups is 1. The van der Waals surface area contributed by atoms with E-state index in [4.69, 9.17) is 0 Å². The lowest BCUT2D eigenvalue weighted by atomic mass is 10.2. The molecular weight excluding hydrogens is 214 g/mol. The molecule has 0 radical (unpaired) electrons. The Bertz CT molecular complexity index is 355. The average Bonchev–Trinajstić information content (AvgIpc) is 2.25. The van der Waals surface area contributed by atoms with Gasteiger partial charge in [-0.15, -0.1) is 12.4 Å². The highest BCUT2D eigenvalue weighted by atomic mass is 35.5. The molecule has 2 rings (SSSR count). The highest BCUT2D eigenvalue weighted by molar-refractivity contribution is 8.14. The van der Waals surface area contributed by atoms with E-state index in [1.165, 1.54) is 12.1 Å². The SMILES string of the molecule is Cl.O=C1S[N+]([O-])([O-])c2ccccc21. The number of hydrogen-bond donors (Lipinski definition) is 0. The van der Waals surface area contributed by atoms with Gasteiger partial charge < -0.3 is 10.4 Å². The first-order chi connectivity index (χ1) is 5.61. The summed E-state index contributed by atoms with van der Waals surface area (Å²) in [6.07, 6.45) is 0. The zero-order valence-corrected chi connectivity index (χ0v) is 7.93. The quantitative estimate of drug-likeness (QED) is 0.381. The van der Waals surface area contributed by atoms with Crippen LogP contribution >= 0.6 is 24.4 Å². The predicted octanol–water partition coefficient (Wildman–Crippen LogP) is 2.21. The number of benzene rings is 1. The highest BCUT2D eigenvalue weighted by Gasteiger charge is 2.33. The van der Waals surface area contributed by atoms with Crippen molar-refractivity contribution in [3.8, 4) is 0 Å². The third-order valence-corrected chi connectivity index (χ3v) is 2.44. The van der Waals surface area contributed by atoms with Crippen molar-refractivity contribution in [1.82, 2.24) is 4.21 Å². The summed E-state index contributed by atoms with van der Waals surface area (Å²) in [7, 11) is 0. The zero-order chi connectivity index (χ0) is 8.77. The Morgan fingerprint density at radius 3 is 2.46 bits per heavy atom. The molecule has 1 aliphatic rings. The number of quaternary nitrogens is 1. The molecule has 1 aromatic carbocycles. The van der Waals surface area contributed by atoms with Crippen molar-refractivity contribution in [2.45, 2.75) is 0 Å². The highest BCUT2D eigenvalue weighted by Crippen LogP contribution is 2.42. The topological polar surface area (TPSA) is 63.2 Å². The van der Waals surface area contributed by atoms with Crippen molar-refractivity contribution in [2.24, 2.45) is 0 Å². The van der Waals surface area contributed by atoms with E-state index in [0.717, 1.165) is 0 Å². The molecule has 0 N–H and O–H groups in total. The molecule has 0 spiro atoms. The zero-order valence-electron chi connectivity index (χ0n) is 6.30. The molecule has 4 nitrogen and oxygen atoms in total. The van der Waals surface area contributed by atoms with Gasteiger partial charge in [-0.3, -0.25) is 9.01 Å². The van der Waals surface area contributed by atoms with Crippen LogP contribution in [0.4, 0.5) is 5.69 Å². The van der Waals surface area contributed by atoms with Crippen molar-refractivity contribution in [3.05, 3.63) is 40.2 Å². The lowest BCUT2D eigenvalue weighted by molar-refractivity contribution is 0.109. The summed E-state index contributed by atoms with van der Waals surface area (Å²) in [5.74, 6) is 0. The molecule has 0 unspecified atom stereocenters. The molecule has 6 heteroatoms. The van der Waals surface area contributed by atoms with Gasteiger partial charge in [-0.1, -0.05) is 12.1 Å². The van der Waals surface area contributed by atoms with E-state index in [2.05, 4.69) is 0 Å². The van der Waals surface area contributed by atoms with Gasteiger partial charge in [0.05, 0.1) is 5.56 Å². The number of carbonyl (C=O) groups excluding carboxylic acids is 1. The molecule has 0 atom stereocenters. The summed E-state index contributed by atoms with van der Waals surface area (Å²) in [5.41, 5.74) is 0.222. The van der Waals surface area contributed by atoms with Gasteiger partial charge in [-0.05, 0) is 6.07 Å². The molecule has 1 aliphatic heterocycles. The van der Waals surface area contributed by atoms with Crippen molar-refractivity contribution >= 4 is 35.2 Å². The molecule has 0 saturated carbocycles. The van der Waals surface area contributed by atoms with Crippen LogP contribution in [0.3, 0.4) is 0 Å². The number of hydrogen-bond acceptors (Lipinski definition) is 4. The van der Waals surface area contributed by atoms with Crippen molar-refractivity contribution in [1.29, 1.82) is 0 Å². The normalized spacial score (nSPS) is 17.8. The fraction of sp³-hybridized carbons (Fsp3) is 0. The van der Waals surface area contributed by atoms with Gasteiger partial charge in [-0.25, -0.2) is 0 Å². The van der Waals surface area contributed by atoms with Gasteiger partial charge in [0.25, 0.3) is 5.12 Å². The van der Waals surface area contributed by atoms with Crippen molar-refractivity contribution in [3.63, 3.8) is 0 Å². The van der Waals surface area contributed by atoms with E-state index in [9.17, 15) is 15.2 Å². The Balaban J connectivity index is 0.000000845. The second kappa shape index (κ2) is 3.28. The van der Waals surface area contributed by atoms with E-state index in [0.29, 0.717) is 0 Å². The summed E-state index contributed by atoms with van der Waals surface area (Å²) < 4.78 is -1.89. The smallest absolute Gasteiger partial charge is 0.283 e. The molecule has 1 heterocycles. The molecule has 0 aliphatic carbocycles. The fourth-order valence-electron chi connectivity index (χ4n) is 1.09. The second-order valence-corrected chi connectivity index (χ2v) is 3.43. The molecule has 13 heavy (non-hydrogen) atoms. The standard InChI is InChI=1S/C7H4NO3S.ClH/c9-7-5-3-1-2-4-6(5)8(10,11)12-7;/h1-4H;1H/q-1;. The first-order valence-corrected chi connectivity index (χ1v) is 4.03. The second-order valence-electron chi connectivity index (χ2n) is 2.39. The van der Waals surface area contributed by atoms with Crippen LogP contribution in [0.25, 0.3) is 0 Å². The van der Waals surface area contributed by atoms with Gasteiger partial charge in [0.1, 0.15) is 0 Å².